The number of urea groups is 1. The Labute approximate surface area is 141 Å². The summed E-state index contributed by atoms with van der Waals surface area (Å²) in [5.41, 5.74) is 1.13. The van der Waals surface area contributed by atoms with Crippen molar-refractivity contribution in [3.63, 3.8) is 0 Å². The molecule has 2 amide bonds. The summed E-state index contributed by atoms with van der Waals surface area (Å²) in [6, 6.07) is 6.48. The molecule has 1 saturated heterocycles. The van der Waals surface area contributed by atoms with Gasteiger partial charge in [-0.1, -0.05) is 31.4 Å². The summed E-state index contributed by atoms with van der Waals surface area (Å²) < 4.78 is 5.67. The van der Waals surface area contributed by atoms with E-state index in [0.29, 0.717) is 31.5 Å². The highest BCUT2D eigenvalue weighted by Gasteiger charge is 2.31. The van der Waals surface area contributed by atoms with Gasteiger partial charge in [-0.05, 0) is 23.6 Å². The van der Waals surface area contributed by atoms with E-state index in [0.717, 1.165) is 18.7 Å². The number of carbonyl (C=O) groups excluding carboxylic acids is 1. The first-order chi connectivity index (χ1) is 11.6. The molecule has 6 nitrogen and oxygen atoms in total. The molecule has 0 spiro atoms. The Morgan fingerprint density at radius 2 is 1.96 bits per heavy atom. The van der Waals surface area contributed by atoms with Crippen molar-refractivity contribution in [1.29, 1.82) is 0 Å². The van der Waals surface area contributed by atoms with Gasteiger partial charge in [-0.2, -0.15) is 0 Å². The van der Waals surface area contributed by atoms with Gasteiger partial charge in [0.25, 0.3) is 0 Å². The van der Waals surface area contributed by atoms with E-state index in [9.17, 15) is 9.59 Å². The Morgan fingerprint density at radius 3 is 2.58 bits per heavy atom. The molecule has 1 aromatic carbocycles. The molecule has 0 radical (unpaired) electrons. The summed E-state index contributed by atoms with van der Waals surface area (Å²) in [7, 11) is 0. The van der Waals surface area contributed by atoms with Crippen molar-refractivity contribution in [2.24, 2.45) is 11.8 Å². The average Bonchev–Trinajstić information content (AvgIpc) is 2.77. The number of carbonyl (C=O) groups is 2. The number of nitrogens with zero attached hydrogens (tertiary/aromatic N) is 1. The van der Waals surface area contributed by atoms with E-state index in [4.69, 9.17) is 9.84 Å². The Morgan fingerprint density at radius 1 is 1.21 bits per heavy atom. The first-order valence-electron chi connectivity index (χ1n) is 8.56. The minimum Gasteiger partial charge on any atom is -0.478 e. The second kappa shape index (κ2) is 7.66. The van der Waals surface area contributed by atoms with Crippen molar-refractivity contribution in [2.45, 2.75) is 25.8 Å². The normalized spacial score (nSPS) is 21.7. The van der Waals surface area contributed by atoms with Gasteiger partial charge in [0.05, 0.1) is 18.8 Å². The third-order valence-electron chi connectivity index (χ3n) is 5.04. The number of nitrogens with one attached hydrogen (secondary N) is 1. The molecule has 1 saturated carbocycles. The maximum atomic E-state index is 12.4. The van der Waals surface area contributed by atoms with Crippen LogP contribution >= 0.6 is 0 Å². The molecule has 0 bridgehead atoms. The molecule has 130 valence electrons. The van der Waals surface area contributed by atoms with Crippen LogP contribution in [0, 0.1) is 11.8 Å². The smallest absolute Gasteiger partial charge is 0.335 e. The SMILES string of the molecule is O=C(O)c1ccc(CNC(=O)N2CCOCC(C3CCC3)C2)cc1. The fourth-order valence-electron chi connectivity index (χ4n) is 3.27. The van der Waals surface area contributed by atoms with Crippen LogP contribution in [0.1, 0.15) is 35.2 Å². The molecule has 1 atom stereocenters. The van der Waals surface area contributed by atoms with Crippen LogP contribution in [-0.4, -0.2) is 48.3 Å². The number of amides is 2. The zero-order valence-electron chi connectivity index (χ0n) is 13.7. The second-order valence-corrected chi connectivity index (χ2v) is 6.63. The predicted molar refractivity (Wildman–Crippen MR) is 88.9 cm³/mol. The highest BCUT2D eigenvalue weighted by atomic mass is 16.5. The van der Waals surface area contributed by atoms with E-state index in [1.165, 1.54) is 19.3 Å². The Balaban J connectivity index is 1.52. The van der Waals surface area contributed by atoms with Crippen LogP contribution in [0.25, 0.3) is 0 Å². The monoisotopic (exact) mass is 332 g/mol. The maximum Gasteiger partial charge on any atom is 0.335 e. The van der Waals surface area contributed by atoms with Crippen LogP contribution in [0.3, 0.4) is 0 Å². The first-order valence-corrected chi connectivity index (χ1v) is 8.56. The van der Waals surface area contributed by atoms with Gasteiger partial charge in [-0.15, -0.1) is 0 Å². The minimum atomic E-state index is -0.947. The highest BCUT2D eigenvalue weighted by molar-refractivity contribution is 5.87. The zero-order chi connectivity index (χ0) is 16.9. The van der Waals surface area contributed by atoms with Gasteiger partial charge in [0.15, 0.2) is 0 Å². The average molecular weight is 332 g/mol. The fourth-order valence-corrected chi connectivity index (χ4v) is 3.27. The van der Waals surface area contributed by atoms with E-state index < -0.39 is 5.97 Å². The molecule has 1 aromatic rings. The standard InChI is InChI=1S/C18H24N2O4/c21-17(22)15-6-4-13(5-7-15)10-19-18(23)20-8-9-24-12-16(11-20)14-2-1-3-14/h4-7,14,16H,1-3,8-12H2,(H,19,23)(H,21,22). The lowest BCUT2D eigenvalue weighted by Gasteiger charge is -2.34. The van der Waals surface area contributed by atoms with E-state index in [-0.39, 0.29) is 11.6 Å². The van der Waals surface area contributed by atoms with Gasteiger partial charge in [0, 0.05) is 25.6 Å². The van der Waals surface area contributed by atoms with Crippen LogP contribution in [-0.2, 0) is 11.3 Å². The fraction of sp³-hybridized carbons (Fsp3) is 0.556. The van der Waals surface area contributed by atoms with Gasteiger partial charge in [-0.25, -0.2) is 9.59 Å². The van der Waals surface area contributed by atoms with Crippen molar-refractivity contribution in [3.05, 3.63) is 35.4 Å². The van der Waals surface area contributed by atoms with E-state index in [1.54, 1.807) is 24.3 Å². The van der Waals surface area contributed by atoms with Crippen molar-refractivity contribution in [3.8, 4) is 0 Å². The molecule has 2 fully saturated rings. The number of rotatable bonds is 4. The molecule has 3 rings (SSSR count). The van der Waals surface area contributed by atoms with Crippen LogP contribution < -0.4 is 5.32 Å². The summed E-state index contributed by atoms with van der Waals surface area (Å²) in [6.45, 7) is 3.11. The number of benzene rings is 1. The number of hydrogen-bond donors (Lipinski definition) is 2. The van der Waals surface area contributed by atoms with E-state index >= 15 is 0 Å². The van der Waals surface area contributed by atoms with Gasteiger partial charge < -0.3 is 20.1 Å². The van der Waals surface area contributed by atoms with Gasteiger partial charge in [0.2, 0.25) is 0 Å². The minimum absolute atomic E-state index is 0.0767. The maximum absolute atomic E-state index is 12.4. The van der Waals surface area contributed by atoms with Crippen LogP contribution in [0.4, 0.5) is 4.79 Å². The largest absolute Gasteiger partial charge is 0.478 e. The van der Waals surface area contributed by atoms with E-state index in [2.05, 4.69) is 5.32 Å². The quantitative estimate of drug-likeness (QED) is 0.887. The molecule has 1 heterocycles. The van der Waals surface area contributed by atoms with Gasteiger partial charge >= 0.3 is 12.0 Å². The third kappa shape index (κ3) is 4.06. The number of hydrogen-bond acceptors (Lipinski definition) is 3. The number of ether oxygens (including phenoxy) is 1. The topological polar surface area (TPSA) is 78.9 Å². The van der Waals surface area contributed by atoms with Crippen LogP contribution in [0.2, 0.25) is 0 Å². The summed E-state index contributed by atoms with van der Waals surface area (Å²) in [5, 5.41) is 11.8. The lowest BCUT2D eigenvalue weighted by atomic mass is 9.76. The van der Waals surface area contributed by atoms with Crippen molar-refractivity contribution in [1.82, 2.24) is 10.2 Å². The molecule has 6 heteroatoms. The van der Waals surface area contributed by atoms with Crippen LogP contribution in [0.15, 0.2) is 24.3 Å². The lowest BCUT2D eigenvalue weighted by molar-refractivity contribution is 0.0696. The zero-order valence-corrected chi connectivity index (χ0v) is 13.7. The lowest BCUT2D eigenvalue weighted by Crippen LogP contribution is -2.44. The van der Waals surface area contributed by atoms with Crippen molar-refractivity contribution >= 4 is 12.0 Å². The molecule has 1 aliphatic carbocycles. The summed E-state index contributed by atoms with van der Waals surface area (Å²) in [6.07, 6.45) is 3.79. The summed E-state index contributed by atoms with van der Waals surface area (Å²) in [4.78, 5) is 25.1. The van der Waals surface area contributed by atoms with Crippen molar-refractivity contribution in [2.75, 3.05) is 26.3 Å². The Kier molecular flexibility index (Phi) is 5.35. The molecule has 0 aromatic heterocycles. The number of aromatic carboxylic acids is 1. The van der Waals surface area contributed by atoms with E-state index in [1.807, 2.05) is 4.90 Å². The Bertz CT molecular complexity index is 583. The second-order valence-electron chi connectivity index (χ2n) is 6.63. The number of carboxylic acids is 1. The first kappa shape index (κ1) is 16.8. The summed E-state index contributed by atoms with van der Waals surface area (Å²) >= 11 is 0. The van der Waals surface area contributed by atoms with Gasteiger partial charge in [-0.3, -0.25) is 0 Å². The van der Waals surface area contributed by atoms with Crippen molar-refractivity contribution < 1.29 is 19.4 Å². The van der Waals surface area contributed by atoms with Crippen LogP contribution in [0.5, 0.6) is 0 Å². The Hall–Kier alpha value is -2.08. The highest BCUT2D eigenvalue weighted by Crippen LogP contribution is 2.34. The predicted octanol–water partition coefficient (Wildman–Crippen LogP) is 2.34. The third-order valence-corrected chi connectivity index (χ3v) is 5.04. The van der Waals surface area contributed by atoms with Gasteiger partial charge in [0.1, 0.15) is 0 Å². The molecular weight excluding hydrogens is 308 g/mol. The molecule has 24 heavy (non-hydrogen) atoms. The molecular formula is C18H24N2O4. The molecule has 1 unspecified atom stereocenters. The number of carboxylic acid groups (broad SMARTS) is 1. The summed E-state index contributed by atoms with van der Waals surface area (Å²) in [5.74, 6) is 0.195. The molecule has 1 aliphatic heterocycles. The molecule has 2 aliphatic rings. The molecule has 2 N–H and O–H groups in total.